The van der Waals surface area contributed by atoms with Crippen LogP contribution in [0.5, 0.6) is 11.5 Å². The van der Waals surface area contributed by atoms with Crippen molar-refractivity contribution in [3.63, 3.8) is 0 Å². The van der Waals surface area contributed by atoms with Crippen LogP contribution in [0.3, 0.4) is 0 Å². The highest BCUT2D eigenvalue weighted by Crippen LogP contribution is 2.37. The van der Waals surface area contributed by atoms with E-state index in [4.69, 9.17) is 9.47 Å². The maximum Gasteiger partial charge on any atom is 0.231 e. The Balaban J connectivity index is 1.80. The van der Waals surface area contributed by atoms with E-state index >= 15 is 0 Å². The van der Waals surface area contributed by atoms with E-state index in [-0.39, 0.29) is 12.6 Å². The second-order valence-electron chi connectivity index (χ2n) is 4.61. The van der Waals surface area contributed by atoms with E-state index in [1.165, 1.54) is 12.1 Å². The van der Waals surface area contributed by atoms with Crippen LogP contribution >= 0.6 is 15.9 Å². The summed E-state index contributed by atoms with van der Waals surface area (Å²) in [6.45, 7) is 2.76. The molecule has 2 aromatic carbocycles. The van der Waals surface area contributed by atoms with Crippen LogP contribution < -0.4 is 14.8 Å². The van der Waals surface area contributed by atoms with E-state index in [0.717, 1.165) is 32.8 Å². The molecule has 0 atom stereocenters. The zero-order valence-corrected chi connectivity index (χ0v) is 12.5. The highest BCUT2D eigenvalue weighted by atomic mass is 79.9. The summed E-state index contributed by atoms with van der Waals surface area (Å²) in [5.41, 5.74) is 2.82. The Morgan fingerprint density at radius 2 is 1.95 bits per heavy atom. The van der Waals surface area contributed by atoms with Crippen molar-refractivity contribution in [1.29, 1.82) is 0 Å². The van der Waals surface area contributed by atoms with Crippen molar-refractivity contribution in [2.24, 2.45) is 0 Å². The van der Waals surface area contributed by atoms with Gasteiger partial charge in [0.1, 0.15) is 5.82 Å². The lowest BCUT2D eigenvalue weighted by Crippen LogP contribution is -2.02. The van der Waals surface area contributed by atoms with E-state index in [0.29, 0.717) is 6.54 Å². The van der Waals surface area contributed by atoms with Gasteiger partial charge in [0, 0.05) is 16.7 Å². The molecule has 0 fully saturated rings. The van der Waals surface area contributed by atoms with Gasteiger partial charge in [0.2, 0.25) is 6.79 Å². The molecule has 1 N–H and O–H groups in total. The van der Waals surface area contributed by atoms with Crippen molar-refractivity contribution in [2.75, 3.05) is 12.1 Å². The Morgan fingerprint density at radius 3 is 2.75 bits per heavy atom. The third kappa shape index (κ3) is 2.58. The van der Waals surface area contributed by atoms with Gasteiger partial charge >= 0.3 is 0 Å². The number of halogens is 2. The normalized spacial score (nSPS) is 12.6. The zero-order valence-electron chi connectivity index (χ0n) is 10.9. The van der Waals surface area contributed by atoms with Crippen molar-refractivity contribution >= 4 is 21.6 Å². The number of aryl methyl sites for hydroxylation is 1. The van der Waals surface area contributed by atoms with E-state index in [9.17, 15) is 4.39 Å². The van der Waals surface area contributed by atoms with Crippen LogP contribution in [-0.2, 0) is 6.54 Å². The molecular formula is C15H13BrFNO2. The minimum absolute atomic E-state index is 0.247. The molecule has 20 heavy (non-hydrogen) atoms. The second kappa shape index (κ2) is 5.32. The second-order valence-corrected chi connectivity index (χ2v) is 5.46. The number of rotatable bonds is 3. The van der Waals surface area contributed by atoms with Crippen LogP contribution in [0.1, 0.15) is 11.1 Å². The maximum absolute atomic E-state index is 13.2. The number of hydrogen-bond acceptors (Lipinski definition) is 3. The van der Waals surface area contributed by atoms with Gasteiger partial charge in [-0.2, -0.15) is 0 Å². The standard InChI is InChI=1S/C15H13BrFNO2/c1-9-2-3-11(17)5-13(9)18-7-10-4-14-15(6-12(10)16)20-8-19-14/h2-6,18H,7-8H2,1H3. The average Bonchev–Trinajstić information content (AvgIpc) is 2.86. The molecule has 0 unspecified atom stereocenters. The minimum Gasteiger partial charge on any atom is -0.454 e. The van der Waals surface area contributed by atoms with Gasteiger partial charge in [0.05, 0.1) is 0 Å². The molecule has 1 heterocycles. The van der Waals surface area contributed by atoms with Crippen molar-refractivity contribution in [3.05, 3.63) is 51.7 Å². The largest absolute Gasteiger partial charge is 0.454 e. The SMILES string of the molecule is Cc1ccc(F)cc1NCc1cc2c(cc1Br)OCO2. The lowest BCUT2D eigenvalue weighted by molar-refractivity contribution is 0.174. The molecule has 0 radical (unpaired) electrons. The lowest BCUT2D eigenvalue weighted by Gasteiger charge is -2.11. The molecule has 3 nitrogen and oxygen atoms in total. The van der Waals surface area contributed by atoms with Gasteiger partial charge in [0.25, 0.3) is 0 Å². The molecule has 0 amide bonds. The first-order valence-corrected chi connectivity index (χ1v) is 7.01. The predicted molar refractivity (Wildman–Crippen MR) is 78.7 cm³/mol. The van der Waals surface area contributed by atoms with Crippen molar-refractivity contribution < 1.29 is 13.9 Å². The summed E-state index contributed by atoms with van der Waals surface area (Å²) in [5, 5.41) is 3.24. The van der Waals surface area contributed by atoms with E-state index < -0.39 is 0 Å². The first-order chi connectivity index (χ1) is 9.63. The molecule has 1 aliphatic heterocycles. The van der Waals surface area contributed by atoms with Crippen LogP contribution in [0.4, 0.5) is 10.1 Å². The minimum atomic E-state index is -0.247. The topological polar surface area (TPSA) is 30.5 Å². The van der Waals surface area contributed by atoms with Gasteiger partial charge in [0.15, 0.2) is 11.5 Å². The first-order valence-electron chi connectivity index (χ1n) is 6.21. The molecule has 0 aromatic heterocycles. The number of benzene rings is 2. The average molecular weight is 338 g/mol. The number of nitrogens with one attached hydrogen (secondary N) is 1. The van der Waals surface area contributed by atoms with Crippen LogP contribution in [-0.4, -0.2) is 6.79 Å². The van der Waals surface area contributed by atoms with Crippen molar-refractivity contribution in [2.45, 2.75) is 13.5 Å². The van der Waals surface area contributed by atoms with E-state index in [2.05, 4.69) is 21.2 Å². The van der Waals surface area contributed by atoms with Crippen molar-refractivity contribution in [3.8, 4) is 11.5 Å². The molecule has 0 saturated carbocycles. The summed E-state index contributed by atoms with van der Waals surface area (Å²) in [6, 6.07) is 8.52. The highest BCUT2D eigenvalue weighted by molar-refractivity contribution is 9.10. The molecular weight excluding hydrogens is 325 g/mol. The maximum atomic E-state index is 13.2. The molecule has 3 rings (SSSR count). The molecule has 104 valence electrons. The quantitative estimate of drug-likeness (QED) is 0.908. The summed E-state index contributed by atoms with van der Waals surface area (Å²) in [4.78, 5) is 0. The lowest BCUT2D eigenvalue weighted by atomic mass is 10.1. The van der Waals surface area contributed by atoms with E-state index in [1.807, 2.05) is 19.1 Å². The van der Waals surface area contributed by atoms with Crippen LogP contribution in [0, 0.1) is 12.7 Å². The Hall–Kier alpha value is -1.75. The summed E-state index contributed by atoms with van der Waals surface area (Å²) >= 11 is 3.51. The fourth-order valence-corrected chi connectivity index (χ4v) is 2.53. The number of hydrogen-bond donors (Lipinski definition) is 1. The van der Waals surface area contributed by atoms with Gasteiger partial charge in [-0.1, -0.05) is 22.0 Å². The van der Waals surface area contributed by atoms with Gasteiger partial charge in [-0.25, -0.2) is 4.39 Å². The third-order valence-electron chi connectivity index (χ3n) is 3.21. The smallest absolute Gasteiger partial charge is 0.231 e. The van der Waals surface area contributed by atoms with Gasteiger partial charge in [-0.05, 0) is 42.3 Å². The molecule has 0 saturated heterocycles. The molecule has 5 heteroatoms. The summed E-state index contributed by atoms with van der Waals surface area (Å²) in [6.07, 6.45) is 0. The fraction of sp³-hybridized carbons (Fsp3) is 0.200. The van der Waals surface area contributed by atoms with Crippen molar-refractivity contribution in [1.82, 2.24) is 0 Å². The third-order valence-corrected chi connectivity index (χ3v) is 3.95. The highest BCUT2D eigenvalue weighted by Gasteiger charge is 2.16. The molecule has 0 spiro atoms. The molecule has 0 bridgehead atoms. The van der Waals surface area contributed by atoms with Gasteiger partial charge < -0.3 is 14.8 Å². The summed E-state index contributed by atoms with van der Waals surface area (Å²) < 4.78 is 24.8. The van der Waals surface area contributed by atoms with E-state index in [1.54, 1.807) is 6.07 Å². The molecule has 1 aliphatic rings. The summed E-state index contributed by atoms with van der Waals surface area (Å²) in [5.74, 6) is 1.23. The van der Waals surface area contributed by atoms with Crippen LogP contribution in [0.15, 0.2) is 34.8 Å². The Labute approximate surface area is 124 Å². The number of fused-ring (bicyclic) bond motifs is 1. The Kier molecular flexibility index (Phi) is 3.53. The Bertz CT molecular complexity index is 661. The predicted octanol–water partition coefficient (Wildman–Crippen LogP) is 4.24. The number of anilines is 1. The molecule has 2 aromatic rings. The van der Waals surface area contributed by atoms with Crippen LogP contribution in [0.25, 0.3) is 0 Å². The van der Waals surface area contributed by atoms with Gasteiger partial charge in [-0.3, -0.25) is 0 Å². The van der Waals surface area contributed by atoms with Crippen LogP contribution in [0.2, 0.25) is 0 Å². The Morgan fingerprint density at radius 1 is 1.20 bits per heavy atom. The zero-order chi connectivity index (χ0) is 14.1. The fourth-order valence-electron chi connectivity index (χ4n) is 2.07. The monoisotopic (exact) mass is 337 g/mol. The number of ether oxygens (including phenoxy) is 2. The van der Waals surface area contributed by atoms with Gasteiger partial charge in [-0.15, -0.1) is 0 Å². The summed E-state index contributed by atoms with van der Waals surface area (Å²) in [7, 11) is 0. The first kappa shape index (κ1) is 13.2. The molecule has 0 aliphatic carbocycles.